The van der Waals surface area contributed by atoms with Crippen LogP contribution in [0.2, 0.25) is 0 Å². The molecule has 4 rings (SSSR count). The minimum atomic E-state index is -3.93. The largest absolute Gasteiger partial charge is 0.288 e. The number of carbonyl (C=O) groups excluding carboxylic acids is 2. The Kier molecular flexibility index (Phi) is 5.00. The van der Waals surface area contributed by atoms with Crippen molar-refractivity contribution in [1.29, 1.82) is 0 Å². The Morgan fingerprint density at radius 2 is 1.41 bits per heavy atom. The van der Waals surface area contributed by atoms with Crippen LogP contribution in [0.15, 0.2) is 83.8 Å². The van der Waals surface area contributed by atoms with Gasteiger partial charge in [-0.25, -0.2) is 13.1 Å². The molecule has 0 spiro atoms. The molecule has 6 nitrogen and oxygen atoms in total. The molecule has 0 aromatic heterocycles. The lowest BCUT2D eigenvalue weighted by Gasteiger charge is -2.20. The third-order valence-corrected chi connectivity index (χ3v) is 6.27. The molecular formula is C22H18N2O4S. The summed E-state index contributed by atoms with van der Waals surface area (Å²) in [6.07, 6.45) is 0.466. The van der Waals surface area contributed by atoms with Crippen LogP contribution in [-0.2, 0) is 16.4 Å². The summed E-state index contributed by atoms with van der Waals surface area (Å²) in [5, 5.41) is 2.17. The van der Waals surface area contributed by atoms with E-state index in [1.54, 1.807) is 0 Å². The van der Waals surface area contributed by atoms with Crippen molar-refractivity contribution in [1.82, 2.24) is 10.0 Å². The summed E-state index contributed by atoms with van der Waals surface area (Å²) in [6.45, 7) is 0. The molecule has 2 N–H and O–H groups in total. The Hall–Kier alpha value is -3.29. The Morgan fingerprint density at radius 1 is 0.793 bits per heavy atom. The van der Waals surface area contributed by atoms with E-state index in [-0.39, 0.29) is 16.0 Å². The van der Waals surface area contributed by atoms with Gasteiger partial charge in [-0.15, -0.1) is 0 Å². The van der Waals surface area contributed by atoms with Crippen LogP contribution in [0, 0.1) is 0 Å². The van der Waals surface area contributed by atoms with Crippen molar-refractivity contribution in [3.8, 4) is 0 Å². The number of hydrogen-bond acceptors (Lipinski definition) is 4. The van der Waals surface area contributed by atoms with Crippen molar-refractivity contribution in [2.45, 2.75) is 17.4 Å². The Bertz CT molecular complexity index is 1180. The molecule has 7 heteroatoms. The molecule has 2 amide bonds. The lowest BCUT2D eigenvalue weighted by molar-refractivity contribution is 0.0879. The van der Waals surface area contributed by atoms with E-state index in [1.807, 2.05) is 60.7 Å². The molecule has 1 aliphatic heterocycles. The first-order valence-corrected chi connectivity index (χ1v) is 10.5. The molecule has 0 bridgehead atoms. The smallest absolute Gasteiger partial charge is 0.258 e. The first-order chi connectivity index (χ1) is 13.9. The number of fused-ring (bicyclic) bond motifs is 1. The SMILES string of the molecule is O=C1NC(=O)c2cc(S(=O)(=O)NC(Cc3ccccc3)c3ccccc3)ccc21. The van der Waals surface area contributed by atoms with E-state index >= 15 is 0 Å². The second-order valence-electron chi connectivity index (χ2n) is 6.76. The van der Waals surface area contributed by atoms with Gasteiger partial charge in [-0.1, -0.05) is 60.7 Å². The Balaban J connectivity index is 1.67. The van der Waals surface area contributed by atoms with Gasteiger partial charge < -0.3 is 0 Å². The highest BCUT2D eigenvalue weighted by Gasteiger charge is 2.29. The van der Waals surface area contributed by atoms with Gasteiger partial charge in [0.25, 0.3) is 11.8 Å². The van der Waals surface area contributed by atoms with Crippen LogP contribution in [0.1, 0.15) is 37.9 Å². The first kappa shape index (κ1) is 19.0. The molecule has 0 radical (unpaired) electrons. The molecule has 0 saturated carbocycles. The van der Waals surface area contributed by atoms with Crippen LogP contribution in [0.4, 0.5) is 0 Å². The molecule has 1 unspecified atom stereocenters. The molecule has 0 fully saturated rings. The molecule has 3 aromatic rings. The maximum absolute atomic E-state index is 13.1. The van der Waals surface area contributed by atoms with E-state index in [4.69, 9.17) is 0 Å². The Labute approximate surface area is 168 Å². The molecule has 29 heavy (non-hydrogen) atoms. The van der Waals surface area contributed by atoms with Crippen LogP contribution in [0.25, 0.3) is 0 Å². The van der Waals surface area contributed by atoms with Gasteiger partial charge in [-0.05, 0) is 35.7 Å². The summed E-state index contributed by atoms with van der Waals surface area (Å²) >= 11 is 0. The zero-order valence-corrected chi connectivity index (χ0v) is 16.1. The second kappa shape index (κ2) is 7.62. The fraction of sp³-hybridized carbons (Fsp3) is 0.0909. The summed E-state index contributed by atoms with van der Waals surface area (Å²) in [7, 11) is -3.93. The Morgan fingerprint density at radius 3 is 2.10 bits per heavy atom. The van der Waals surface area contributed by atoms with Crippen molar-refractivity contribution in [3.63, 3.8) is 0 Å². The summed E-state index contributed by atoms with van der Waals surface area (Å²) in [5.74, 6) is -1.11. The zero-order valence-electron chi connectivity index (χ0n) is 15.3. The predicted molar refractivity (Wildman–Crippen MR) is 108 cm³/mol. The summed E-state index contributed by atoms with van der Waals surface area (Å²) in [4.78, 5) is 23.5. The number of benzene rings is 3. The van der Waals surface area contributed by atoms with Gasteiger partial charge in [0, 0.05) is 0 Å². The minimum Gasteiger partial charge on any atom is -0.288 e. The fourth-order valence-electron chi connectivity index (χ4n) is 3.33. The van der Waals surface area contributed by atoms with E-state index in [0.29, 0.717) is 6.42 Å². The second-order valence-corrected chi connectivity index (χ2v) is 8.48. The standard InChI is InChI=1S/C22H18N2O4S/c25-21-18-12-11-17(14-19(18)22(26)23-21)29(27,28)24-20(16-9-5-2-6-10-16)13-15-7-3-1-4-8-15/h1-12,14,20,24H,13H2,(H,23,25,26). The number of carbonyl (C=O) groups is 2. The molecule has 0 aliphatic carbocycles. The quantitative estimate of drug-likeness (QED) is 0.616. The third-order valence-electron chi connectivity index (χ3n) is 4.80. The fourth-order valence-corrected chi connectivity index (χ4v) is 4.58. The van der Waals surface area contributed by atoms with Gasteiger partial charge in [0.05, 0.1) is 22.1 Å². The zero-order chi connectivity index (χ0) is 20.4. The van der Waals surface area contributed by atoms with Crippen molar-refractivity contribution in [2.24, 2.45) is 0 Å². The predicted octanol–water partition coefficient (Wildman–Crippen LogP) is 2.83. The van der Waals surface area contributed by atoms with E-state index in [9.17, 15) is 18.0 Å². The monoisotopic (exact) mass is 406 g/mol. The van der Waals surface area contributed by atoms with Crippen LogP contribution >= 0.6 is 0 Å². The van der Waals surface area contributed by atoms with Gasteiger partial charge >= 0.3 is 0 Å². The van der Waals surface area contributed by atoms with Crippen LogP contribution in [-0.4, -0.2) is 20.2 Å². The van der Waals surface area contributed by atoms with E-state index in [1.165, 1.54) is 18.2 Å². The highest BCUT2D eigenvalue weighted by Crippen LogP contribution is 2.24. The lowest BCUT2D eigenvalue weighted by Crippen LogP contribution is -2.30. The normalized spacial score (nSPS) is 14.3. The minimum absolute atomic E-state index is 0.0601. The molecule has 146 valence electrons. The van der Waals surface area contributed by atoms with Crippen LogP contribution < -0.4 is 10.0 Å². The average Bonchev–Trinajstić information content (AvgIpc) is 3.02. The van der Waals surface area contributed by atoms with Crippen molar-refractivity contribution in [2.75, 3.05) is 0 Å². The maximum Gasteiger partial charge on any atom is 0.258 e. The van der Waals surface area contributed by atoms with Gasteiger partial charge in [0.1, 0.15) is 0 Å². The number of hydrogen-bond donors (Lipinski definition) is 2. The topological polar surface area (TPSA) is 92.3 Å². The molecule has 1 atom stereocenters. The molecule has 0 saturated heterocycles. The van der Waals surface area contributed by atoms with E-state index < -0.39 is 27.9 Å². The first-order valence-electron chi connectivity index (χ1n) is 9.05. The average molecular weight is 406 g/mol. The van der Waals surface area contributed by atoms with Gasteiger partial charge in [0.15, 0.2) is 0 Å². The number of sulfonamides is 1. The van der Waals surface area contributed by atoms with E-state index in [2.05, 4.69) is 10.0 Å². The number of rotatable bonds is 6. The molecular weight excluding hydrogens is 388 g/mol. The van der Waals surface area contributed by atoms with Gasteiger partial charge in [0.2, 0.25) is 10.0 Å². The van der Waals surface area contributed by atoms with E-state index in [0.717, 1.165) is 11.1 Å². The van der Waals surface area contributed by atoms with Gasteiger partial charge in [-0.3, -0.25) is 14.9 Å². The van der Waals surface area contributed by atoms with Crippen LogP contribution in [0.5, 0.6) is 0 Å². The highest BCUT2D eigenvalue weighted by molar-refractivity contribution is 7.89. The number of imide groups is 1. The molecule has 1 heterocycles. The number of amides is 2. The number of nitrogens with one attached hydrogen (secondary N) is 2. The summed E-state index contributed by atoms with van der Waals surface area (Å²) in [5.41, 5.74) is 2.06. The lowest BCUT2D eigenvalue weighted by atomic mass is 10.00. The molecule has 3 aromatic carbocycles. The highest BCUT2D eigenvalue weighted by atomic mass is 32.2. The van der Waals surface area contributed by atoms with Crippen molar-refractivity contribution in [3.05, 3.63) is 101 Å². The maximum atomic E-state index is 13.1. The third kappa shape index (κ3) is 3.96. The summed E-state index contributed by atoms with van der Waals surface area (Å²) < 4.78 is 28.9. The summed E-state index contributed by atoms with van der Waals surface area (Å²) in [6, 6.07) is 22.3. The van der Waals surface area contributed by atoms with Crippen LogP contribution in [0.3, 0.4) is 0 Å². The van der Waals surface area contributed by atoms with Gasteiger partial charge in [-0.2, -0.15) is 0 Å². The van der Waals surface area contributed by atoms with Crippen molar-refractivity contribution >= 4 is 21.8 Å². The molecule has 1 aliphatic rings. The van der Waals surface area contributed by atoms with Crippen molar-refractivity contribution < 1.29 is 18.0 Å².